The highest BCUT2D eigenvalue weighted by atomic mass is 32.1. The number of aliphatic hydroxyl groups excluding tert-OH is 1. The Bertz CT molecular complexity index is 325. The summed E-state index contributed by atoms with van der Waals surface area (Å²) >= 11 is 4.75. The average Bonchev–Trinajstić information content (AvgIpc) is 2.68. The van der Waals surface area contributed by atoms with Crippen molar-refractivity contribution >= 4 is 17.3 Å². The monoisotopic (exact) mass is 207 g/mol. The van der Waals surface area contributed by atoms with Gasteiger partial charge in [0.25, 0.3) is 0 Å². The molecule has 1 aromatic rings. The van der Waals surface area contributed by atoms with Gasteiger partial charge in [0.2, 0.25) is 0 Å². The molecule has 2 nitrogen and oxygen atoms in total. The first-order valence-electron chi connectivity index (χ1n) is 4.78. The van der Waals surface area contributed by atoms with Crippen molar-refractivity contribution in [1.29, 1.82) is 0 Å². The molecule has 1 saturated heterocycles. The lowest BCUT2D eigenvalue weighted by Gasteiger charge is -2.08. The van der Waals surface area contributed by atoms with Crippen LogP contribution in [0.1, 0.15) is 17.9 Å². The smallest absolute Gasteiger partial charge is 0.174 e. The number of aliphatic hydroxyl groups is 1. The number of hydrogen-bond acceptors (Lipinski definition) is 2. The summed E-state index contributed by atoms with van der Waals surface area (Å²) in [6.07, 6.45) is 0.902. The van der Waals surface area contributed by atoms with Crippen LogP contribution in [0, 0.1) is 0 Å². The molecule has 1 aliphatic heterocycles. The van der Waals surface area contributed by atoms with Crippen LogP contribution in [0.2, 0.25) is 0 Å². The van der Waals surface area contributed by atoms with Gasteiger partial charge in [0, 0.05) is 6.54 Å². The fourth-order valence-electron chi connectivity index (χ4n) is 1.90. The number of rotatable bonds is 2. The molecule has 3 heteroatoms. The van der Waals surface area contributed by atoms with E-state index in [-0.39, 0.29) is 11.1 Å². The zero-order chi connectivity index (χ0) is 9.97. The average molecular weight is 207 g/mol. The Kier molecular flexibility index (Phi) is 2.79. The number of hydrogen-bond donors (Lipinski definition) is 2. The second-order valence-corrected chi connectivity index (χ2v) is 4.06. The summed E-state index contributed by atoms with van der Waals surface area (Å²) in [5.41, 5.74) is 1.32. The van der Waals surface area contributed by atoms with Gasteiger partial charge in [-0.3, -0.25) is 0 Å². The van der Waals surface area contributed by atoms with Gasteiger partial charge >= 0.3 is 0 Å². The van der Waals surface area contributed by atoms with Crippen molar-refractivity contribution in [3.05, 3.63) is 35.9 Å². The summed E-state index contributed by atoms with van der Waals surface area (Å²) in [5, 5.41) is 12.5. The van der Waals surface area contributed by atoms with Gasteiger partial charge in [-0.2, -0.15) is 0 Å². The third kappa shape index (κ3) is 1.94. The highest BCUT2D eigenvalue weighted by Gasteiger charge is 2.27. The minimum atomic E-state index is -0.00444. The molecule has 0 spiro atoms. The molecule has 0 radical (unpaired) electrons. The van der Waals surface area contributed by atoms with Gasteiger partial charge in [0.05, 0.1) is 6.04 Å². The van der Waals surface area contributed by atoms with Gasteiger partial charge in [-0.15, -0.1) is 0 Å². The van der Waals surface area contributed by atoms with Crippen LogP contribution < -0.4 is 5.32 Å². The van der Waals surface area contributed by atoms with Gasteiger partial charge in [0.1, 0.15) is 0 Å². The molecule has 2 rings (SSSR count). The van der Waals surface area contributed by atoms with E-state index in [1.165, 1.54) is 5.56 Å². The minimum absolute atomic E-state index is 0.00444. The van der Waals surface area contributed by atoms with Crippen LogP contribution in [0.15, 0.2) is 30.3 Å². The molecule has 0 aromatic heterocycles. The van der Waals surface area contributed by atoms with E-state index in [4.69, 9.17) is 12.2 Å². The third-order valence-electron chi connectivity index (χ3n) is 2.70. The Labute approximate surface area is 89.0 Å². The minimum Gasteiger partial charge on any atom is -0.501 e. The SMILES string of the molecule is OC(=S)[C@@H]1CC(c2ccccc2)CN1. The molecule has 1 fully saturated rings. The molecule has 1 heterocycles. The standard InChI is InChI=1S/C11H13NOS/c13-11(14)10-6-9(7-12-10)8-4-2-1-3-5-8/h1-5,9-10,12H,6-7H2,(H,13,14)/t9?,10-/m0/s1. The molecule has 1 aromatic carbocycles. The van der Waals surface area contributed by atoms with Crippen molar-refractivity contribution in [1.82, 2.24) is 5.32 Å². The summed E-state index contributed by atoms with van der Waals surface area (Å²) in [7, 11) is 0. The van der Waals surface area contributed by atoms with Crippen LogP contribution in [0.25, 0.3) is 0 Å². The van der Waals surface area contributed by atoms with Crippen molar-refractivity contribution in [2.45, 2.75) is 18.4 Å². The lowest BCUT2D eigenvalue weighted by atomic mass is 9.97. The summed E-state index contributed by atoms with van der Waals surface area (Å²) in [6.45, 7) is 0.898. The van der Waals surface area contributed by atoms with Crippen molar-refractivity contribution in [2.24, 2.45) is 0 Å². The van der Waals surface area contributed by atoms with Gasteiger partial charge in [-0.25, -0.2) is 0 Å². The van der Waals surface area contributed by atoms with Crippen LogP contribution in [0.3, 0.4) is 0 Å². The molecular weight excluding hydrogens is 194 g/mol. The highest BCUT2D eigenvalue weighted by molar-refractivity contribution is 7.80. The van der Waals surface area contributed by atoms with Crippen molar-refractivity contribution in [3.63, 3.8) is 0 Å². The molecule has 0 aliphatic carbocycles. The zero-order valence-electron chi connectivity index (χ0n) is 7.81. The van der Waals surface area contributed by atoms with Crippen molar-refractivity contribution < 1.29 is 5.11 Å². The summed E-state index contributed by atoms with van der Waals surface area (Å²) in [6, 6.07) is 10.3. The Balaban J connectivity index is 2.06. The Hall–Kier alpha value is -0.930. The first-order valence-corrected chi connectivity index (χ1v) is 5.19. The van der Waals surface area contributed by atoms with Gasteiger partial charge in [0.15, 0.2) is 5.05 Å². The molecule has 0 saturated carbocycles. The molecule has 2 N–H and O–H groups in total. The van der Waals surface area contributed by atoms with E-state index in [0.29, 0.717) is 5.92 Å². The summed E-state index contributed by atoms with van der Waals surface area (Å²) in [4.78, 5) is 0. The molecular formula is C11H13NOS. The molecule has 1 aliphatic rings. The van der Waals surface area contributed by atoms with Gasteiger partial charge in [-0.1, -0.05) is 30.3 Å². The Morgan fingerprint density at radius 1 is 1.36 bits per heavy atom. The normalized spacial score (nSPS) is 26.3. The zero-order valence-corrected chi connectivity index (χ0v) is 8.63. The fourth-order valence-corrected chi connectivity index (χ4v) is 2.08. The van der Waals surface area contributed by atoms with E-state index >= 15 is 0 Å². The van der Waals surface area contributed by atoms with E-state index in [1.807, 2.05) is 18.2 Å². The maximum atomic E-state index is 9.19. The maximum Gasteiger partial charge on any atom is 0.174 e. The number of nitrogens with one attached hydrogen (secondary N) is 1. The number of benzene rings is 1. The van der Waals surface area contributed by atoms with Crippen molar-refractivity contribution in [2.75, 3.05) is 6.54 Å². The molecule has 1 unspecified atom stereocenters. The van der Waals surface area contributed by atoms with Crippen LogP contribution in [-0.4, -0.2) is 22.7 Å². The predicted molar refractivity (Wildman–Crippen MR) is 60.8 cm³/mol. The number of thiocarbonyl (C=S) groups is 1. The topological polar surface area (TPSA) is 32.3 Å². The second-order valence-electron chi connectivity index (χ2n) is 3.64. The van der Waals surface area contributed by atoms with Crippen LogP contribution in [-0.2, 0) is 0 Å². The molecule has 74 valence electrons. The van der Waals surface area contributed by atoms with Crippen LogP contribution in [0.4, 0.5) is 0 Å². The third-order valence-corrected chi connectivity index (χ3v) is 2.98. The van der Waals surface area contributed by atoms with Crippen molar-refractivity contribution in [3.8, 4) is 0 Å². The van der Waals surface area contributed by atoms with Crippen LogP contribution in [0.5, 0.6) is 0 Å². The predicted octanol–water partition coefficient (Wildman–Crippen LogP) is 2.02. The first kappa shape index (κ1) is 9.62. The Morgan fingerprint density at radius 3 is 2.64 bits per heavy atom. The lowest BCUT2D eigenvalue weighted by Crippen LogP contribution is -2.28. The van der Waals surface area contributed by atoms with E-state index in [0.717, 1.165) is 13.0 Å². The highest BCUT2D eigenvalue weighted by Crippen LogP contribution is 2.25. The molecule has 0 bridgehead atoms. The van der Waals surface area contributed by atoms with E-state index in [1.54, 1.807) is 0 Å². The quantitative estimate of drug-likeness (QED) is 0.728. The first-order chi connectivity index (χ1) is 6.77. The molecule has 14 heavy (non-hydrogen) atoms. The largest absolute Gasteiger partial charge is 0.501 e. The van der Waals surface area contributed by atoms with E-state index in [2.05, 4.69) is 17.4 Å². The van der Waals surface area contributed by atoms with E-state index < -0.39 is 0 Å². The Morgan fingerprint density at radius 2 is 2.07 bits per heavy atom. The molecule has 0 amide bonds. The van der Waals surface area contributed by atoms with Crippen LogP contribution >= 0.6 is 12.2 Å². The van der Waals surface area contributed by atoms with Gasteiger partial charge in [-0.05, 0) is 30.1 Å². The lowest BCUT2D eigenvalue weighted by molar-refractivity contribution is 0.516. The second kappa shape index (κ2) is 4.07. The van der Waals surface area contributed by atoms with Gasteiger partial charge < -0.3 is 10.4 Å². The maximum absolute atomic E-state index is 9.19. The fraction of sp³-hybridized carbons (Fsp3) is 0.364. The molecule has 2 atom stereocenters. The summed E-state index contributed by atoms with van der Waals surface area (Å²) in [5.74, 6) is 0.478. The summed E-state index contributed by atoms with van der Waals surface area (Å²) < 4.78 is 0. The van der Waals surface area contributed by atoms with E-state index in [9.17, 15) is 5.11 Å².